The van der Waals surface area contributed by atoms with Crippen molar-refractivity contribution >= 4 is 12.0 Å². The van der Waals surface area contributed by atoms with Crippen LogP contribution in [-0.4, -0.2) is 75.6 Å². The fourth-order valence-electron chi connectivity index (χ4n) is 4.57. The van der Waals surface area contributed by atoms with Crippen LogP contribution in [0.25, 0.3) is 16.9 Å². The third kappa shape index (κ3) is 6.27. The molecule has 38 heavy (non-hydrogen) atoms. The third-order valence-corrected chi connectivity index (χ3v) is 6.66. The van der Waals surface area contributed by atoms with Gasteiger partial charge in [-0.3, -0.25) is 4.79 Å². The minimum atomic E-state index is -0.974. The topological polar surface area (TPSA) is 97.1 Å². The lowest BCUT2D eigenvalue weighted by molar-refractivity contribution is 0.0717. The van der Waals surface area contributed by atoms with Gasteiger partial charge in [0.15, 0.2) is 5.69 Å². The number of nitrogens with zero attached hydrogens (tertiary/aromatic N) is 4. The van der Waals surface area contributed by atoms with Crippen molar-refractivity contribution in [3.8, 4) is 28.4 Å². The van der Waals surface area contributed by atoms with Gasteiger partial charge in [0.2, 0.25) is 0 Å². The van der Waals surface area contributed by atoms with Crippen LogP contribution in [0.1, 0.15) is 50.5 Å². The van der Waals surface area contributed by atoms with E-state index >= 15 is 0 Å². The maximum absolute atomic E-state index is 13.2. The largest absolute Gasteiger partial charge is 0.497 e. The molecule has 4 rings (SSSR count). The molecule has 1 fully saturated rings. The number of rotatable bonds is 8. The number of carboxylic acid groups (broad SMARTS) is 1. The summed E-state index contributed by atoms with van der Waals surface area (Å²) in [5.74, 6) is 1.31. The molecule has 0 bridgehead atoms. The summed E-state index contributed by atoms with van der Waals surface area (Å²) >= 11 is 0. The average molecular weight is 521 g/mol. The van der Waals surface area contributed by atoms with Crippen LogP contribution in [0.2, 0.25) is 0 Å². The molecule has 3 aromatic rings. The molecule has 2 heterocycles. The number of hydrogen-bond donors (Lipinski definition) is 1. The minimum absolute atomic E-state index is 0.0556. The number of piperidine rings is 1. The Bertz CT molecular complexity index is 1240. The molecular weight excluding hydrogens is 484 g/mol. The first-order chi connectivity index (χ1) is 18.2. The zero-order chi connectivity index (χ0) is 27.3. The molecule has 9 nitrogen and oxygen atoms in total. The lowest BCUT2D eigenvalue weighted by atomic mass is 10.1. The van der Waals surface area contributed by atoms with Crippen LogP contribution in [0, 0.1) is 0 Å². The van der Waals surface area contributed by atoms with Gasteiger partial charge in [-0.1, -0.05) is 0 Å². The van der Waals surface area contributed by atoms with Crippen molar-refractivity contribution in [2.24, 2.45) is 0 Å². The normalized spacial score (nSPS) is 13.7. The van der Waals surface area contributed by atoms with Gasteiger partial charge in [-0.2, -0.15) is 5.10 Å². The Morgan fingerprint density at radius 3 is 2.18 bits per heavy atom. The van der Waals surface area contributed by atoms with Gasteiger partial charge in [0, 0.05) is 24.2 Å². The second-order valence-electron chi connectivity index (χ2n) is 10.4. The summed E-state index contributed by atoms with van der Waals surface area (Å²) < 4.78 is 12.9. The van der Waals surface area contributed by atoms with Crippen molar-refractivity contribution in [3.05, 3.63) is 60.3 Å². The predicted molar refractivity (Wildman–Crippen MR) is 145 cm³/mol. The number of amides is 2. The smallest absolute Gasteiger partial charge is 0.407 e. The monoisotopic (exact) mass is 520 g/mol. The van der Waals surface area contributed by atoms with E-state index in [9.17, 15) is 14.7 Å². The Hall–Kier alpha value is -4.01. The van der Waals surface area contributed by atoms with Crippen LogP contribution >= 0.6 is 0 Å². The van der Waals surface area contributed by atoms with Gasteiger partial charge in [0.05, 0.1) is 25.0 Å². The molecule has 2 amide bonds. The average Bonchev–Trinajstić information content (AvgIpc) is 3.36. The molecular formula is C29H36N4O5. The van der Waals surface area contributed by atoms with E-state index in [1.807, 2.05) is 80.3 Å². The second-order valence-corrected chi connectivity index (χ2v) is 10.4. The number of methoxy groups -OCH3 is 1. The van der Waals surface area contributed by atoms with Gasteiger partial charge < -0.3 is 24.4 Å². The lowest BCUT2D eigenvalue weighted by Crippen LogP contribution is -2.46. The summed E-state index contributed by atoms with van der Waals surface area (Å²) in [6, 6.07) is 16.9. The van der Waals surface area contributed by atoms with Crippen LogP contribution in [0.3, 0.4) is 0 Å². The summed E-state index contributed by atoms with van der Waals surface area (Å²) in [5, 5.41) is 14.2. The molecule has 0 unspecified atom stereocenters. The van der Waals surface area contributed by atoms with E-state index in [1.54, 1.807) is 11.8 Å². The fourth-order valence-corrected chi connectivity index (χ4v) is 4.57. The van der Waals surface area contributed by atoms with Crippen molar-refractivity contribution in [1.82, 2.24) is 19.6 Å². The Labute approximate surface area is 223 Å². The van der Waals surface area contributed by atoms with Gasteiger partial charge in [-0.05, 0) is 94.6 Å². The van der Waals surface area contributed by atoms with Crippen LogP contribution in [0.5, 0.6) is 11.5 Å². The van der Waals surface area contributed by atoms with E-state index in [-0.39, 0.29) is 19.1 Å². The van der Waals surface area contributed by atoms with Crippen LogP contribution < -0.4 is 9.47 Å². The SMILES string of the molecule is COc1ccc(-n2nc(C(=O)N3CCCCC3)cc2-c2ccc(OCCN(C(=O)O)C(C)(C)C)cc2)cc1. The van der Waals surface area contributed by atoms with Crippen molar-refractivity contribution in [2.75, 3.05) is 33.4 Å². The maximum atomic E-state index is 13.2. The Kier molecular flexibility index (Phi) is 8.24. The number of carbonyl (C=O) groups excluding carboxylic acids is 1. The first-order valence-corrected chi connectivity index (χ1v) is 12.9. The van der Waals surface area contributed by atoms with Gasteiger partial charge in [-0.25, -0.2) is 9.48 Å². The third-order valence-electron chi connectivity index (χ3n) is 6.66. The molecule has 0 spiro atoms. The standard InChI is InChI=1S/C29H36N4O5/c1-29(2,3)32(28(35)36)18-19-38-24-12-8-21(9-13-24)26-20-25(27(34)31-16-6-5-7-17-31)30-33(26)22-10-14-23(37-4)15-11-22/h8-15,20H,5-7,16-19H2,1-4H3,(H,35,36). The molecule has 0 radical (unpaired) electrons. The second kappa shape index (κ2) is 11.6. The van der Waals surface area contributed by atoms with Crippen LogP contribution in [-0.2, 0) is 0 Å². The summed E-state index contributed by atoms with van der Waals surface area (Å²) in [6.07, 6.45) is 2.20. The van der Waals surface area contributed by atoms with E-state index in [0.717, 1.165) is 55.0 Å². The van der Waals surface area contributed by atoms with E-state index < -0.39 is 11.6 Å². The van der Waals surface area contributed by atoms with E-state index in [2.05, 4.69) is 0 Å². The van der Waals surface area contributed by atoms with Gasteiger partial charge in [0.1, 0.15) is 18.1 Å². The molecule has 1 N–H and O–H groups in total. The van der Waals surface area contributed by atoms with E-state index in [4.69, 9.17) is 14.6 Å². The van der Waals surface area contributed by atoms with Gasteiger partial charge >= 0.3 is 6.09 Å². The Morgan fingerprint density at radius 1 is 0.974 bits per heavy atom. The number of carbonyl (C=O) groups is 2. The lowest BCUT2D eigenvalue weighted by Gasteiger charge is -2.32. The highest BCUT2D eigenvalue weighted by Crippen LogP contribution is 2.28. The molecule has 202 valence electrons. The molecule has 1 aromatic heterocycles. The number of hydrogen-bond acceptors (Lipinski definition) is 5. The van der Waals surface area contributed by atoms with Crippen molar-refractivity contribution in [1.29, 1.82) is 0 Å². The van der Waals surface area contributed by atoms with E-state index in [1.165, 1.54) is 4.90 Å². The molecule has 0 aliphatic carbocycles. The summed E-state index contributed by atoms with van der Waals surface area (Å²) in [4.78, 5) is 28.0. The maximum Gasteiger partial charge on any atom is 0.407 e. The van der Waals surface area contributed by atoms with Crippen LogP contribution in [0.4, 0.5) is 4.79 Å². The predicted octanol–water partition coefficient (Wildman–Crippen LogP) is 5.33. The minimum Gasteiger partial charge on any atom is -0.497 e. The summed E-state index contributed by atoms with van der Waals surface area (Å²) in [5.41, 5.74) is 2.37. The quantitative estimate of drug-likeness (QED) is 0.431. The number of benzene rings is 2. The Morgan fingerprint density at radius 2 is 1.61 bits per heavy atom. The zero-order valence-electron chi connectivity index (χ0n) is 22.5. The summed E-state index contributed by atoms with van der Waals surface area (Å²) in [7, 11) is 1.62. The number of likely N-dealkylation sites (tertiary alicyclic amines) is 1. The van der Waals surface area contributed by atoms with E-state index in [0.29, 0.717) is 11.4 Å². The molecule has 9 heteroatoms. The van der Waals surface area contributed by atoms with Crippen molar-refractivity contribution in [3.63, 3.8) is 0 Å². The van der Waals surface area contributed by atoms with Crippen LogP contribution in [0.15, 0.2) is 54.6 Å². The highest BCUT2D eigenvalue weighted by molar-refractivity contribution is 5.93. The van der Waals surface area contributed by atoms with Gasteiger partial charge in [-0.15, -0.1) is 0 Å². The first kappa shape index (κ1) is 27.0. The number of ether oxygens (including phenoxy) is 2. The zero-order valence-corrected chi connectivity index (χ0v) is 22.5. The Balaban J connectivity index is 1.57. The molecule has 1 aliphatic rings. The molecule has 1 aliphatic heterocycles. The molecule has 2 aromatic carbocycles. The first-order valence-electron chi connectivity index (χ1n) is 12.9. The molecule has 1 saturated heterocycles. The highest BCUT2D eigenvalue weighted by Gasteiger charge is 2.26. The van der Waals surface area contributed by atoms with Crippen molar-refractivity contribution < 1.29 is 24.2 Å². The molecule has 0 saturated carbocycles. The summed E-state index contributed by atoms with van der Waals surface area (Å²) in [6.45, 7) is 7.56. The highest BCUT2D eigenvalue weighted by atomic mass is 16.5. The van der Waals surface area contributed by atoms with Crippen molar-refractivity contribution in [2.45, 2.75) is 45.6 Å². The van der Waals surface area contributed by atoms with Gasteiger partial charge in [0.25, 0.3) is 5.91 Å². The fraction of sp³-hybridized carbons (Fsp3) is 0.414. The molecule has 0 atom stereocenters. The number of aromatic nitrogens is 2.